The van der Waals surface area contributed by atoms with Crippen LogP contribution in [0.1, 0.15) is 36.8 Å². The van der Waals surface area contributed by atoms with E-state index < -0.39 is 17.3 Å². The van der Waals surface area contributed by atoms with Gasteiger partial charge in [-0.25, -0.2) is 0 Å². The molecule has 0 aromatic heterocycles. The van der Waals surface area contributed by atoms with Crippen molar-refractivity contribution in [3.63, 3.8) is 0 Å². The summed E-state index contributed by atoms with van der Waals surface area (Å²) in [4.78, 5) is 0. The number of rotatable bonds is 4. The molecule has 0 atom stereocenters. The molecule has 2 N–H and O–H groups in total. The molecule has 21 heavy (non-hydrogen) atoms. The number of aliphatic hydroxyl groups is 1. The van der Waals surface area contributed by atoms with E-state index in [0.717, 1.165) is 25.2 Å². The molecule has 1 aromatic rings. The molecule has 1 saturated heterocycles. The Morgan fingerprint density at radius 2 is 1.90 bits per heavy atom. The molecule has 1 aliphatic heterocycles. The normalized spacial score (nSPS) is 18.7. The van der Waals surface area contributed by atoms with Crippen LogP contribution in [-0.2, 0) is 12.6 Å². The first-order valence-electron chi connectivity index (χ1n) is 7.09. The molecule has 1 aliphatic rings. The average molecular weight is 322 g/mol. The number of piperidine rings is 1. The monoisotopic (exact) mass is 321 g/mol. The highest BCUT2D eigenvalue weighted by molar-refractivity contribution is 6.31. The van der Waals surface area contributed by atoms with Gasteiger partial charge >= 0.3 is 6.18 Å². The zero-order chi connectivity index (χ0) is 15.5. The van der Waals surface area contributed by atoms with Gasteiger partial charge in [0.2, 0.25) is 0 Å². The number of halogens is 4. The average Bonchev–Trinajstić information content (AvgIpc) is 2.40. The van der Waals surface area contributed by atoms with E-state index in [1.807, 2.05) is 0 Å². The summed E-state index contributed by atoms with van der Waals surface area (Å²) in [5.41, 5.74) is -0.883. The summed E-state index contributed by atoms with van der Waals surface area (Å²) < 4.78 is 38.1. The van der Waals surface area contributed by atoms with Crippen molar-refractivity contribution in [2.24, 2.45) is 0 Å². The third kappa shape index (κ3) is 4.59. The fraction of sp³-hybridized carbons (Fsp3) is 0.600. The van der Waals surface area contributed by atoms with Gasteiger partial charge in [-0.1, -0.05) is 11.6 Å². The Labute approximate surface area is 127 Å². The van der Waals surface area contributed by atoms with E-state index in [4.69, 9.17) is 11.6 Å². The van der Waals surface area contributed by atoms with Crippen molar-refractivity contribution in [1.82, 2.24) is 5.32 Å². The van der Waals surface area contributed by atoms with Crippen LogP contribution in [0.15, 0.2) is 18.2 Å². The number of alkyl halides is 3. The van der Waals surface area contributed by atoms with Crippen LogP contribution in [0.5, 0.6) is 0 Å². The second-order valence-electron chi connectivity index (χ2n) is 5.63. The summed E-state index contributed by atoms with van der Waals surface area (Å²) in [6.07, 6.45) is -1.34. The molecule has 1 fully saturated rings. The molecule has 1 heterocycles. The summed E-state index contributed by atoms with van der Waals surface area (Å²) in [7, 11) is 0. The fourth-order valence-corrected chi connectivity index (χ4v) is 2.90. The Hall–Kier alpha value is -0.780. The lowest BCUT2D eigenvalue weighted by atomic mass is 9.86. The first-order chi connectivity index (χ1) is 9.80. The Balaban J connectivity index is 1.96. The minimum Gasteiger partial charge on any atom is -0.390 e. The van der Waals surface area contributed by atoms with Crippen molar-refractivity contribution in [2.75, 3.05) is 13.1 Å². The number of benzene rings is 1. The van der Waals surface area contributed by atoms with Crippen molar-refractivity contribution in [3.05, 3.63) is 34.3 Å². The Bertz CT molecular complexity index is 484. The maximum atomic E-state index is 12.7. The molecule has 0 amide bonds. The van der Waals surface area contributed by atoms with Crippen molar-refractivity contribution >= 4 is 11.6 Å². The zero-order valence-corrected chi connectivity index (χ0v) is 12.4. The topological polar surface area (TPSA) is 32.3 Å². The van der Waals surface area contributed by atoms with E-state index in [1.165, 1.54) is 6.07 Å². The predicted octanol–water partition coefficient (Wildman–Crippen LogP) is 3.80. The van der Waals surface area contributed by atoms with Crippen LogP contribution >= 0.6 is 11.6 Å². The summed E-state index contributed by atoms with van der Waals surface area (Å²) in [6.45, 7) is 1.56. The van der Waals surface area contributed by atoms with Crippen LogP contribution in [0.3, 0.4) is 0 Å². The molecule has 0 bridgehead atoms. The number of nitrogens with one attached hydrogen (secondary N) is 1. The third-order valence-corrected chi connectivity index (χ3v) is 4.36. The molecule has 0 aliphatic carbocycles. The fourth-order valence-electron chi connectivity index (χ4n) is 2.69. The first kappa shape index (κ1) is 16.6. The standard InChI is InChI=1S/C15H19ClF3NO/c16-13-4-3-12(15(17,18)19)10-11(13)2-1-5-14(21)6-8-20-9-7-14/h3-4,10,20-21H,1-2,5-9H2. The smallest absolute Gasteiger partial charge is 0.390 e. The maximum Gasteiger partial charge on any atom is 0.416 e. The van der Waals surface area contributed by atoms with Crippen LogP contribution in [-0.4, -0.2) is 23.8 Å². The Kier molecular flexibility index (Phi) is 5.17. The maximum absolute atomic E-state index is 12.7. The van der Waals surface area contributed by atoms with E-state index in [9.17, 15) is 18.3 Å². The second-order valence-corrected chi connectivity index (χ2v) is 6.04. The van der Waals surface area contributed by atoms with Gasteiger partial charge in [0.05, 0.1) is 11.2 Å². The van der Waals surface area contributed by atoms with Crippen molar-refractivity contribution in [1.29, 1.82) is 0 Å². The van der Waals surface area contributed by atoms with Crippen LogP contribution in [0.25, 0.3) is 0 Å². The van der Waals surface area contributed by atoms with Gasteiger partial charge in [0.15, 0.2) is 0 Å². The van der Waals surface area contributed by atoms with Crippen molar-refractivity contribution < 1.29 is 18.3 Å². The lowest BCUT2D eigenvalue weighted by Crippen LogP contribution is -2.41. The number of aryl methyl sites for hydroxylation is 1. The molecule has 0 saturated carbocycles. The van der Waals surface area contributed by atoms with Crippen LogP contribution in [0.2, 0.25) is 5.02 Å². The van der Waals surface area contributed by atoms with Crippen LogP contribution < -0.4 is 5.32 Å². The largest absolute Gasteiger partial charge is 0.416 e. The lowest BCUT2D eigenvalue weighted by molar-refractivity contribution is -0.137. The molecule has 0 spiro atoms. The molecular formula is C15H19ClF3NO. The van der Waals surface area contributed by atoms with Gasteiger partial charge < -0.3 is 10.4 Å². The van der Waals surface area contributed by atoms with Gasteiger partial charge in [-0.2, -0.15) is 13.2 Å². The van der Waals surface area contributed by atoms with Crippen molar-refractivity contribution in [3.8, 4) is 0 Å². The summed E-state index contributed by atoms with van der Waals surface area (Å²) in [5.74, 6) is 0. The van der Waals surface area contributed by atoms with Crippen LogP contribution in [0, 0.1) is 0 Å². The summed E-state index contributed by atoms with van der Waals surface area (Å²) in [6, 6.07) is 3.39. The second kappa shape index (κ2) is 6.55. The predicted molar refractivity (Wildman–Crippen MR) is 76.4 cm³/mol. The van der Waals surface area contributed by atoms with Crippen LogP contribution in [0.4, 0.5) is 13.2 Å². The molecule has 0 unspecified atom stereocenters. The van der Waals surface area contributed by atoms with Crippen molar-refractivity contribution in [2.45, 2.75) is 43.9 Å². The molecule has 118 valence electrons. The Morgan fingerprint density at radius 1 is 1.24 bits per heavy atom. The SMILES string of the molecule is OC1(CCCc2cc(C(F)(F)F)ccc2Cl)CCNCC1. The lowest BCUT2D eigenvalue weighted by Gasteiger charge is -2.32. The van der Waals surface area contributed by atoms with E-state index in [1.54, 1.807) is 0 Å². The van der Waals surface area contributed by atoms with Gasteiger partial charge in [-0.05, 0) is 69.0 Å². The molecule has 2 rings (SSSR count). The Morgan fingerprint density at radius 3 is 2.52 bits per heavy atom. The molecule has 0 radical (unpaired) electrons. The number of hydrogen-bond donors (Lipinski definition) is 2. The summed E-state index contributed by atoms with van der Waals surface area (Å²) >= 11 is 5.96. The van der Waals surface area contributed by atoms with Gasteiger partial charge in [0.25, 0.3) is 0 Å². The van der Waals surface area contributed by atoms with Gasteiger partial charge in [-0.3, -0.25) is 0 Å². The van der Waals surface area contributed by atoms with Gasteiger partial charge in [0.1, 0.15) is 0 Å². The highest BCUT2D eigenvalue weighted by atomic mass is 35.5. The number of hydrogen-bond acceptors (Lipinski definition) is 2. The quantitative estimate of drug-likeness (QED) is 0.884. The van der Waals surface area contributed by atoms with E-state index in [2.05, 4.69) is 5.32 Å². The van der Waals surface area contributed by atoms with E-state index in [-0.39, 0.29) is 0 Å². The van der Waals surface area contributed by atoms with E-state index in [0.29, 0.717) is 42.7 Å². The third-order valence-electron chi connectivity index (χ3n) is 4.00. The van der Waals surface area contributed by atoms with E-state index >= 15 is 0 Å². The highest BCUT2D eigenvalue weighted by Crippen LogP contribution is 2.33. The minimum absolute atomic E-state index is 0.348. The zero-order valence-electron chi connectivity index (χ0n) is 11.6. The highest BCUT2D eigenvalue weighted by Gasteiger charge is 2.31. The minimum atomic E-state index is -4.35. The summed E-state index contributed by atoms with van der Waals surface area (Å²) in [5, 5.41) is 13.9. The first-order valence-corrected chi connectivity index (χ1v) is 7.47. The molecule has 1 aromatic carbocycles. The molecular weight excluding hydrogens is 303 g/mol. The van der Waals surface area contributed by atoms with Gasteiger partial charge in [-0.15, -0.1) is 0 Å². The molecule has 6 heteroatoms. The van der Waals surface area contributed by atoms with Gasteiger partial charge in [0, 0.05) is 5.02 Å². The molecule has 2 nitrogen and oxygen atoms in total.